The van der Waals surface area contributed by atoms with Gasteiger partial charge in [-0.3, -0.25) is 0 Å². The third kappa shape index (κ3) is 2.90. The average molecular weight is 209 g/mol. The SMILES string of the molecule is COC(=O)c1nc(CC(C)C)cnc1N. The van der Waals surface area contributed by atoms with Gasteiger partial charge in [0.25, 0.3) is 0 Å². The van der Waals surface area contributed by atoms with Crippen LogP contribution in [0.5, 0.6) is 0 Å². The Kier molecular flexibility index (Phi) is 3.60. The van der Waals surface area contributed by atoms with Gasteiger partial charge in [0, 0.05) is 0 Å². The number of esters is 1. The van der Waals surface area contributed by atoms with Crippen molar-refractivity contribution < 1.29 is 9.53 Å². The van der Waals surface area contributed by atoms with Crippen molar-refractivity contribution >= 4 is 11.8 Å². The Morgan fingerprint density at radius 2 is 2.27 bits per heavy atom. The summed E-state index contributed by atoms with van der Waals surface area (Å²) in [7, 11) is 1.29. The zero-order valence-electron chi connectivity index (χ0n) is 9.15. The molecule has 0 saturated heterocycles. The number of carbonyl (C=O) groups excluding carboxylic acids is 1. The van der Waals surface area contributed by atoms with Crippen molar-refractivity contribution in [3.63, 3.8) is 0 Å². The van der Waals surface area contributed by atoms with Gasteiger partial charge in [-0.25, -0.2) is 14.8 Å². The van der Waals surface area contributed by atoms with Crippen molar-refractivity contribution in [2.45, 2.75) is 20.3 Å². The quantitative estimate of drug-likeness (QED) is 0.752. The summed E-state index contributed by atoms with van der Waals surface area (Å²) < 4.78 is 4.56. The van der Waals surface area contributed by atoms with Crippen LogP contribution in [0.1, 0.15) is 30.0 Å². The number of carbonyl (C=O) groups is 1. The molecule has 0 bridgehead atoms. The molecule has 2 N–H and O–H groups in total. The largest absolute Gasteiger partial charge is 0.464 e. The average Bonchev–Trinajstić information content (AvgIpc) is 2.19. The van der Waals surface area contributed by atoms with Gasteiger partial charge in [0.05, 0.1) is 19.0 Å². The van der Waals surface area contributed by atoms with E-state index >= 15 is 0 Å². The minimum Gasteiger partial charge on any atom is -0.464 e. The standard InChI is InChI=1S/C10H15N3O2/c1-6(2)4-7-5-12-9(11)8(13-7)10(14)15-3/h5-6H,4H2,1-3H3,(H2,11,12). The molecule has 15 heavy (non-hydrogen) atoms. The zero-order valence-corrected chi connectivity index (χ0v) is 9.15. The van der Waals surface area contributed by atoms with Gasteiger partial charge in [0.2, 0.25) is 0 Å². The first-order valence-electron chi connectivity index (χ1n) is 4.74. The number of ether oxygens (including phenoxy) is 1. The van der Waals surface area contributed by atoms with Gasteiger partial charge in [-0.15, -0.1) is 0 Å². The van der Waals surface area contributed by atoms with Crippen LogP contribution in [-0.4, -0.2) is 23.0 Å². The number of rotatable bonds is 3. The molecule has 82 valence electrons. The summed E-state index contributed by atoms with van der Waals surface area (Å²) in [6.45, 7) is 4.13. The Hall–Kier alpha value is -1.65. The fourth-order valence-corrected chi connectivity index (χ4v) is 1.20. The third-order valence-electron chi connectivity index (χ3n) is 1.85. The van der Waals surface area contributed by atoms with Crippen LogP contribution in [0.4, 0.5) is 5.82 Å². The summed E-state index contributed by atoms with van der Waals surface area (Å²) in [5.74, 6) is 0.00776. The van der Waals surface area contributed by atoms with E-state index in [1.807, 2.05) is 0 Å². The third-order valence-corrected chi connectivity index (χ3v) is 1.85. The second-order valence-electron chi connectivity index (χ2n) is 3.68. The first-order chi connectivity index (χ1) is 7.04. The minimum atomic E-state index is -0.550. The van der Waals surface area contributed by atoms with E-state index in [2.05, 4.69) is 28.6 Å². The van der Waals surface area contributed by atoms with Crippen LogP contribution in [0.15, 0.2) is 6.20 Å². The first kappa shape index (κ1) is 11.4. The molecular weight excluding hydrogens is 194 g/mol. The molecule has 0 aromatic carbocycles. The topological polar surface area (TPSA) is 78.1 Å². The van der Waals surface area contributed by atoms with E-state index in [-0.39, 0.29) is 11.5 Å². The highest BCUT2D eigenvalue weighted by Gasteiger charge is 2.14. The van der Waals surface area contributed by atoms with E-state index in [4.69, 9.17) is 5.73 Å². The molecule has 0 radical (unpaired) electrons. The predicted octanol–water partition coefficient (Wildman–Crippen LogP) is 1.04. The second kappa shape index (κ2) is 4.72. The molecule has 0 aliphatic rings. The summed E-state index contributed by atoms with van der Waals surface area (Å²) in [4.78, 5) is 19.3. The fraction of sp³-hybridized carbons (Fsp3) is 0.500. The molecular formula is C10H15N3O2. The number of aromatic nitrogens is 2. The Morgan fingerprint density at radius 3 is 2.80 bits per heavy atom. The van der Waals surface area contributed by atoms with Gasteiger partial charge in [0.15, 0.2) is 11.5 Å². The highest BCUT2D eigenvalue weighted by molar-refractivity contribution is 5.91. The second-order valence-corrected chi connectivity index (χ2v) is 3.68. The summed E-state index contributed by atoms with van der Waals surface area (Å²) in [5.41, 5.74) is 6.37. The van der Waals surface area contributed by atoms with Gasteiger partial charge in [0.1, 0.15) is 0 Å². The lowest BCUT2D eigenvalue weighted by Gasteiger charge is -2.06. The Bertz CT molecular complexity index is 364. The van der Waals surface area contributed by atoms with E-state index in [0.29, 0.717) is 5.92 Å². The van der Waals surface area contributed by atoms with E-state index in [9.17, 15) is 4.79 Å². The monoisotopic (exact) mass is 209 g/mol. The van der Waals surface area contributed by atoms with Crippen LogP contribution in [0, 0.1) is 5.92 Å². The molecule has 0 aliphatic heterocycles. The molecule has 0 amide bonds. The summed E-state index contributed by atoms with van der Waals surface area (Å²) in [6.07, 6.45) is 2.35. The van der Waals surface area contributed by atoms with Gasteiger partial charge >= 0.3 is 5.97 Å². The molecule has 0 unspecified atom stereocenters. The Labute approximate surface area is 88.7 Å². The van der Waals surface area contributed by atoms with Crippen LogP contribution in [0.25, 0.3) is 0 Å². The summed E-state index contributed by atoms with van der Waals surface area (Å²) >= 11 is 0. The van der Waals surface area contributed by atoms with E-state index in [1.54, 1.807) is 6.20 Å². The lowest BCUT2D eigenvalue weighted by molar-refractivity contribution is 0.0594. The van der Waals surface area contributed by atoms with Crippen LogP contribution in [0.3, 0.4) is 0 Å². The van der Waals surface area contributed by atoms with Gasteiger partial charge < -0.3 is 10.5 Å². The molecule has 0 atom stereocenters. The Balaban J connectivity index is 3.00. The normalized spacial score (nSPS) is 10.4. The van der Waals surface area contributed by atoms with Gasteiger partial charge in [-0.2, -0.15) is 0 Å². The van der Waals surface area contributed by atoms with Crippen LogP contribution < -0.4 is 5.73 Å². The molecule has 0 fully saturated rings. The number of nitrogen functional groups attached to an aromatic ring is 1. The highest BCUT2D eigenvalue weighted by atomic mass is 16.5. The number of hydrogen-bond donors (Lipinski definition) is 1. The lowest BCUT2D eigenvalue weighted by Crippen LogP contribution is -2.12. The molecule has 0 aliphatic carbocycles. The van der Waals surface area contributed by atoms with Gasteiger partial charge in [-0.05, 0) is 12.3 Å². The number of anilines is 1. The van der Waals surface area contributed by atoms with Crippen molar-refractivity contribution in [3.8, 4) is 0 Å². The first-order valence-corrected chi connectivity index (χ1v) is 4.74. The van der Waals surface area contributed by atoms with Crippen molar-refractivity contribution in [3.05, 3.63) is 17.6 Å². The molecule has 1 aromatic heterocycles. The molecule has 5 heteroatoms. The lowest BCUT2D eigenvalue weighted by atomic mass is 10.1. The van der Waals surface area contributed by atoms with Crippen LogP contribution in [0.2, 0.25) is 0 Å². The van der Waals surface area contributed by atoms with Crippen molar-refractivity contribution in [2.24, 2.45) is 5.92 Å². The fourth-order valence-electron chi connectivity index (χ4n) is 1.20. The Morgan fingerprint density at radius 1 is 1.60 bits per heavy atom. The van der Waals surface area contributed by atoms with Crippen molar-refractivity contribution in [1.29, 1.82) is 0 Å². The van der Waals surface area contributed by atoms with Gasteiger partial charge in [-0.1, -0.05) is 13.8 Å². The number of nitrogens with zero attached hydrogens (tertiary/aromatic N) is 2. The van der Waals surface area contributed by atoms with E-state index in [0.717, 1.165) is 12.1 Å². The smallest absolute Gasteiger partial charge is 0.360 e. The van der Waals surface area contributed by atoms with Crippen molar-refractivity contribution in [1.82, 2.24) is 9.97 Å². The maximum Gasteiger partial charge on any atom is 0.360 e. The molecule has 1 heterocycles. The summed E-state index contributed by atoms with van der Waals surface area (Å²) in [5, 5.41) is 0. The number of methoxy groups -OCH3 is 1. The predicted molar refractivity (Wildman–Crippen MR) is 56.3 cm³/mol. The van der Waals surface area contributed by atoms with Crippen LogP contribution in [-0.2, 0) is 11.2 Å². The minimum absolute atomic E-state index is 0.0932. The maximum absolute atomic E-state index is 11.3. The molecule has 0 saturated carbocycles. The molecule has 5 nitrogen and oxygen atoms in total. The van der Waals surface area contributed by atoms with Crippen LogP contribution >= 0.6 is 0 Å². The number of hydrogen-bond acceptors (Lipinski definition) is 5. The maximum atomic E-state index is 11.3. The highest BCUT2D eigenvalue weighted by Crippen LogP contribution is 2.10. The summed E-state index contributed by atoms with van der Waals surface area (Å²) in [6, 6.07) is 0. The molecule has 1 aromatic rings. The van der Waals surface area contributed by atoms with Crippen molar-refractivity contribution in [2.75, 3.05) is 12.8 Å². The number of nitrogens with two attached hydrogens (primary N) is 1. The molecule has 0 spiro atoms. The molecule has 1 rings (SSSR count). The van der Waals surface area contributed by atoms with E-state index < -0.39 is 5.97 Å². The zero-order chi connectivity index (χ0) is 11.4. The van der Waals surface area contributed by atoms with E-state index in [1.165, 1.54) is 7.11 Å².